The summed E-state index contributed by atoms with van der Waals surface area (Å²) in [6.07, 6.45) is 0. The molecule has 148 valence electrons. The van der Waals surface area contributed by atoms with Gasteiger partial charge in [-0.05, 0) is 56.2 Å². The molecule has 0 saturated heterocycles. The Hall–Kier alpha value is -1.47. The average molecular weight is 432 g/mol. The van der Waals surface area contributed by atoms with Crippen molar-refractivity contribution in [3.63, 3.8) is 0 Å². The average Bonchev–Trinajstić information content (AvgIpc) is 2.59. The van der Waals surface area contributed by atoms with Crippen LogP contribution in [-0.2, 0) is 15.8 Å². The molecule has 0 fully saturated rings. The monoisotopic (exact) mass is 431 g/mol. The van der Waals surface area contributed by atoms with Gasteiger partial charge in [-0.1, -0.05) is 35.3 Å². The van der Waals surface area contributed by atoms with Crippen molar-refractivity contribution in [2.75, 3.05) is 13.2 Å². The van der Waals surface area contributed by atoms with E-state index in [4.69, 9.17) is 32.7 Å². The van der Waals surface area contributed by atoms with E-state index in [1.807, 2.05) is 19.9 Å². The highest BCUT2D eigenvalue weighted by molar-refractivity contribution is 7.88. The minimum Gasteiger partial charge on any atom is -0.490 e. The van der Waals surface area contributed by atoms with Crippen LogP contribution in [0.5, 0.6) is 11.5 Å². The molecule has 1 N–H and O–H groups in total. The fourth-order valence-electron chi connectivity index (χ4n) is 2.56. The molecule has 2 rings (SSSR count). The summed E-state index contributed by atoms with van der Waals surface area (Å²) in [6, 6.07) is 9.74. The van der Waals surface area contributed by atoms with Gasteiger partial charge in [0.25, 0.3) is 0 Å². The van der Waals surface area contributed by atoms with Crippen LogP contribution in [0.2, 0.25) is 10.0 Å². The molecule has 0 aliphatic heterocycles. The molecule has 5 nitrogen and oxygen atoms in total. The van der Waals surface area contributed by atoms with Crippen LogP contribution in [0.25, 0.3) is 0 Å². The zero-order valence-electron chi connectivity index (χ0n) is 15.5. The molecule has 0 saturated carbocycles. The van der Waals surface area contributed by atoms with Crippen LogP contribution < -0.4 is 14.2 Å². The number of ether oxygens (including phenoxy) is 2. The van der Waals surface area contributed by atoms with Gasteiger partial charge in [0.2, 0.25) is 10.0 Å². The highest BCUT2D eigenvalue weighted by Gasteiger charge is 2.18. The Kier molecular flexibility index (Phi) is 7.79. The summed E-state index contributed by atoms with van der Waals surface area (Å²) >= 11 is 11.8. The summed E-state index contributed by atoms with van der Waals surface area (Å²) in [5.74, 6) is 1.03. The molecular weight excluding hydrogens is 409 g/mol. The maximum absolute atomic E-state index is 12.5. The van der Waals surface area contributed by atoms with Gasteiger partial charge in [-0.3, -0.25) is 0 Å². The minimum absolute atomic E-state index is 0.191. The number of benzene rings is 2. The Morgan fingerprint density at radius 3 is 2.26 bits per heavy atom. The number of rotatable bonds is 9. The first kappa shape index (κ1) is 21.8. The van der Waals surface area contributed by atoms with Crippen molar-refractivity contribution in [1.29, 1.82) is 0 Å². The van der Waals surface area contributed by atoms with E-state index in [0.29, 0.717) is 40.3 Å². The van der Waals surface area contributed by atoms with Crippen molar-refractivity contribution in [3.8, 4) is 11.5 Å². The van der Waals surface area contributed by atoms with Crippen LogP contribution in [0.4, 0.5) is 0 Å². The van der Waals surface area contributed by atoms with Gasteiger partial charge >= 0.3 is 0 Å². The summed E-state index contributed by atoms with van der Waals surface area (Å²) in [6.45, 7) is 6.55. The fourth-order valence-corrected chi connectivity index (χ4v) is 4.26. The highest BCUT2D eigenvalue weighted by Crippen LogP contribution is 2.31. The number of nitrogens with one attached hydrogen (secondary N) is 1. The van der Waals surface area contributed by atoms with Gasteiger partial charge in [0.05, 0.1) is 29.0 Å². The molecule has 0 bridgehead atoms. The lowest BCUT2D eigenvalue weighted by atomic mass is 10.1. The van der Waals surface area contributed by atoms with Gasteiger partial charge in [0.1, 0.15) is 0 Å². The zero-order chi connectivity index (χ0) is 20.0. The molecule has 2 aromatic carbocycles. The maximum Gasteiger partial charge on any atom is 0.216 e. The molecule has 2 aromatic rings. The smallest absolute Gasteiger partial charge is 0.216 e. The molecule has 1 atom stereocenters. The Labute approximate surface area is 170 Å². The van der Waals surface area contributed by atoms with Crippen molar-refractivity contribution < 1.29 is 17.9 Å². The van der Waals surface area contributed by atoms with Gasteiger partial charge in [-0.25, -0.2) is 13.1 Å². The highest BCUT2D eigenvalue weighted by atomic mass is 35.5. The molecule has 0 aromatic heterocycles. The first-order valence-corrected chi connectivity index (χ1v) is 11.0. The summed E-state index contributed by atoms with van der Waals surface area (Å²) in [5.41, 5.74) is 1.34. The van der Waals surface area contributed by atoms with E-state index in [9.17, 15) is 8.42 Å². The van der Waals surface area contributed by atoms with Crippen LogP contribution in [-0.4, -0.2) is 21.6 Å². The molecule has 27 heavy (non-hydrogen) atoms. The topological polar surface area (TPSA) is 64.6 Å². The van der Waals surface area contributed by atoms with E-state index in [0.717, 1.165) is 5.56 Å². The van der Waals surface area contributed by atoms with Gasteiger partial charge in [-0.2, -0.15) is 0 Å². The third kappa shape index (κ3) is 6.28. The van der Waals surface area contributed by atoms with Crippen LogP contribution in [0, 0.1) is 0 Å². The summed E-state index contributed by atoms with van der Waals surface area (Å²) in [4.78, 5) is 0. The second kappa shape index (κ2) is 9.64. The van der Waals surface area contributed by atoms with Crippen molar-refractivity contribution in [2.24, 2.45) is 0 Å². The largest absolute Gasteiger partial charge is 0.490 e. The van der Waals surface area contributed by atoms with Crippen LogP contribution >= 0.6 is 23.2 Å². The first-order chi connectivity index (χ1) is 12.8. The maximum atomic E-state index is 12.5. The molecule has 1 unspecified atom stereocenters. The van der Waals surface area contributed by atoms with Crippen LogP contribution in [0.15, 0.2) is 36.4 Å². The molecule has 8 heteroatoms. The van der Waals surface area contributed by atoms with Crippen molar-refractivity contribution in [2.45, 2.75) is 32.6 Å². The van der Waals surface area contributed by atoms with Crippen LogP contribution in [0.1, 0.15) is 37.9 Å². The van der Waals surface area contributed by atoms with Gasteiger partial charge < -0.3 is 9.47 Å². The molecule has 0 spiro atoms. The van der Waals surface area contributed by atoms with Gasteiger partial charge in [-0.15, -0.1) is 0 Å². The standard InChI is InChI=1S/C19H23Cl2NO4S/c1-4-25-18-9-7-15(11-19(18)26-5-2)13(3)22-27(23,24)12-14-6-8-16(20)17(21)10-14/h6-11,13,22H,4-5,12H2,1-3H3. The Morgan fingerprint density at radius 2 is 1.63 bits per heavy atom. The second-order valence-corrected chi connectivity index (χ2v) is 8.49. The van der Waals surface area contributed by atoms with Crippen molar-refractivity contribution in [1.82, 2.24) is 4.72 Å². The molecule has 0 aliphatic carbocycles. The third-order valence-electron chi connectivity index (χ3n) is 3.76. The van der Waals surface area contributed by atoms with Gasteiger partial charge in [0.15, 0.2) is 11.5 Å². The van der Waals surface area contributed by atoms with E-state index in [1.165, 1.54) is 0 Å². The lowest BCUT2D eigenvalue weighted by Gasteiger charge is -2.18. The summed E-state index contributed by atoms with van der Waals surface area (Å²) in [5, 5.41) is 0.710. The Bertz CT molecular complexity index is 887. The Morgan fingerprint density at radius 1 is 0.963 bits per heavy atom. The van der Waals surface area contributed by atoms with Crippen LogP contribution in [0.3, 0.4) is 0 Å². The molecule has 0 heterocycles. The van der Waals surface area contributed by atoms with Gasteiger partial charge in [0, 0.05) is 6.04 Å². The number of hydrogen-bond acceptors (Lipinski definition) is 4. The number of halogens is 2. The number of hydrogen-bond donors (Lipinski definition) is 1. The summed E-state index contributed by atoms with van der Waals surface area (Å²) in [7, 11) is -3.58. The predicted molar refractivity (Wildman–Crippen MR) is 109 cm³/mol. The normalized spacial score (nSPS) is 12.6. The minimum atomic E-state index is -3.58. The fraction of sp³-hybridized carbons (Fsp3) is 0.368. The summed E-state index contributed by atoms with van der Waals surface area (Å²) < 4.78 is 38.8. The molecule has 0 aliphatic rings. The Balaban J connectivity index is 2.15. The molecule has 0 radical (unpaired) electrons. The number of sulfonamides is 1. The predicted octanol–water partition coefficient (Wildman–Crippen LogP) is 4.97. The quantitative estimate of drug-likeness (QED) is 0.608. The molecule has 0 amide bonds. The van der Waals surface area contributed by atoms with E-state index in [1.54, 1.807) is 37.3 Å². The zero-order valence-corrected chi connectivity index (χ0v) is 17.8. The lowest BCUT2D eigenvalue weighted by molar-refractivity contribution is 0.287. The van der Waals surface area contributed by atoms with E-state index < -0.39 is 16.1 Å². The SMILES string of the molecule is CCOc1ccc(C(C)NS(=O)(=O)Cc2ccc(Cl)c(Cl)c2)cc1OCC. The lowest BCUT2D eigenvalue weighted by Crippen LogP contribution is -2.28. The third-order valence-corrected chi connectivity index (χ3v) is 5.93. The van der Waals surface area contributed by atoms with Crippen molar-refractivity contribution >= 4 is 33.2 Å². The second-order valence-electron chi connectivity index (χ2n) is 5.92. The van der Waals surface area contributed by atoms with E-state index in [2.05, 4.69) is 4.72 Å². The molecular formula is C19H23Cl2NO4S. The van der Waals surface area contributed by atoms with E-state index in [-0.39, 0.29) is 5.75 Å². The first-order valence-electron chi connectivity index (χ1n) is 8.59. The van der Waals surface area contributed by atoms with E-state index >= 15 is 0 Å². The van der Waals surface area contributed by atoms with Crippen molar-refractivity contribution in [3.05, 3.63) is 57.6 Å².